The molecular weight excluding hydrogens is 428 g/mol. The average molecular weight is 450 g/mol. The highest BCUT2D eigenvalue weighted by Crippen LogP contribution is 2.32. The van der Waals surface area contributed by atoms with Crippen LogP contribution in [0.3, 0.4) is 0 Å². The van der Waals surface area contributed by atoms with Gasteiger partial charge in [0.2, 0.25) is 12.4 Å². The van der Waals surface area contributed by atoms with Gasteiger partial charge in [0.05, 0.1) is 12.7 Å². The third kappa shape index (κ3) is 5.86. The fourth-order valence-electron chi connectivity index (χ4n) is 3.01. The molecule has 1 aromatic rings. The van der Waals surface area contributed by atoms with Crippen LogP contribution in [-0.4, -0.2) is 61.7 Å². The van der Waals surface area contributed by atoms with Crippen LogP contribution in [-0.2, 0) is 42.9 Å². The lowest BCUT2D eigenvalue weighted by Gasteiger charge is -2.43. The van der Waals surface area contributed by atoms with E-state index in [1.807, 2.05) is 6.07 Å². The predicted molar refractivity (Wildman–Crippen MR) is 104 cm³/mol. The fourth-order valence-corrected chi connectivity index (χ4v) is 3.01. The van der Waals surface area contributed by atoms with Gasteiger partial charge in [-0.05, 0) is 12.1 Å². The third-order valence-corrected chi connectivity index (χ3v) is 4.23. The van der Waals surface area contributed by atoms with Crippen LogP contribution in [0.5, 0.6) is 5.75 Å². The van der Waals surface area contributed by atoms with Crippen LogP contribution >= 0.6 is 0 Å². The van der Waals surface area contributed by atoms with Crippen molar-refractivity contribution in [2.45, 2.75) is 51.5 Å². The lowest BCUT2D eigenvalue weighted by atomic mass is 9.97. The number of hydrogen-bond acceptors (Lipinski definition) is 12. The van der Waals surface area contributed by atoms with E-state index in [0.29, 0.717) is 0 Å². The lowest BCUT2D eigenvalue weighted by Crippen LogP contribution is -2.64. The molecule has 0 aromatic heterocycles. The summed E-state index contributed by atoms with van der Waals surface area (Å²) < 4.78 is 31.7. The summed E-state index contributed by atoms with van der Waals surface area (Å²) in [6.07, 6.45) is -7.55. The summed E-state index contributed by atoms with van der Waals surface area (Å²) in [5.74, 6) is -3.31. The summed E-state index contributed by atoms with van der Waals surface area (Å²) in [4.78, 5) is 47.5. The van der Waals surface area contributed by atoms with Gasteiger partial charge in [-0.15, -0.1) is 0 Å². The SMILES string of the molecule is COC(=O)[C@H]1O[C@@H](Oc2ccc(N)c(C#N)c2)[C@H](OC(C)=O)[C@@H](OC(C)=O)[C@@H]1OC(C)=O. The van der Waals surface area contributed by atoms with Crippen LogP contribution in [0.4, 0.5) is 5.69 Å². The monoisotopic (exact) mass is 450 g/mol. The molecule has 0 aliphatic carbocycles. The van der Waals surface area contributed by atoms with E-state index >= 15 is 0 Å². The Morgan fingerprint density at radius 2 is 1.53 bits per heavy atom. The average Bonchev–Trinajstić information content (AvgIpc) is 2.71. The Kier molecular flexibility index (Phi) is 7.97. The first kappa shape index (κ1) is 24.4. The number of nitrogen functional groups attached to an aromatic ring is 1. The number of esters is 4. The van der Waals surface area contributed by atoms with E-state index in [4.69, 9.17) is 34.2 Å². The molecule has 2 N–H and O–H groups in total. The smallest absolute Gasteiger partial charge is 0.339 e. The van der Waals surface area contributed by atoms with Crippen LogP contribution in [0.15, 0.2) is 18.2 Å². The standard InChI is InChI=1S/C20H22N2O10/c1-9(23)28-15-16(29-10(2)24)18(30-11(3)25)20(32-17(15)19(26)27-4)31-13-5-6-14(22)12(7-13)8-21/h5-7,15-18,20H,22H2,1-4H3/t15-,16-,17-,18+,20+/m0/s1. The summed E-state index contributed by atoms with van der Waals surface area (Å²) in [5, 5.41) is 9.17. The molecule has 12 nitrogen and oxygen atoms in total. The van der Waals surface area contributed by atoms with E-state index in [1.165, 1.54) is 18.2 Å². The maximum absolute atomic E-state index is 12.4. The van der Waals surface area contributed by atoms with Gasteiger partial charge in [0, 0.05) is 32.5 Å². The number of ether oxygens (including phenoxy) is 6. The minimum absolute atomic E-state index is 0.0778. The number of nitrogens with two attached hydrogens (primary N) is 1. The van der Waals surface area contributed by atoms with E-state index < -0.39 is 54.6 Å². The second-order valence-corrected chi connectivity index (χ2v) is 6.65. The molecule has 0 amide bonds. The molecule has 0 unspecified atom stereocenters. The molecular formula is C20H22N2O10. The highest BCUT2D eigenvalue weighted by Gasteiger charge is 2.55. The number of benzene rings is 1. The van der Waals surface area contributed by atoms with Crippen LogP contribution in [0, 0.1) is 11.3 Å². The number of rotatable bonds is 6. The predicted octanol–water partition coefficient (Wildman–Crippen LogP) is 0.212. The van der Waals surface area contributed by atoms with E-state index in [1.54, 1.807) is 0 Å². The minimum Gasteiger partial charge on any atom is -0.467 e. The molecule has 1 heterocycles. The molecule has 0 spiro atoms. The zero-order valence-corrected chi connectivity index (χ0v) is 17.7. The Balaban J connectivity index is 2.52. The lowest BCUT2D eigenvalue weighted by molar-refractivity contribution is -0.282. The largest absolute Gasteiger partial charge is 0.467 e. The second kappa shape index (κ2) is 10.5. The summed E-state index contributed by atoms with van der Waals surface area (Å²) in [7, 11) is 1.07. The second-order valence-electron chi connectivity index (χ2n) is 6.65. The maximum atomic E-state index is 12.4. The van der Waals surface area contributed by atoms with Crippen LogP contribution in [0.25, 0.3) is 0 Å². The third-order valence-electron chi connectivity index (χ3n) is 4.23. The highest BCUT2D eigenvalue weighted by molar-refractivity contribution is 5.77. The Morgan fingerprint density at radius 1 is 0.969 bits per heavy atom. The normalized spacial score (nSPS) is 24.4. The van der Waals surface area contributed by atoms with Crippen molar-refractivity contribution in [1.29, 1.82) is 5.26 Å². The first-order chi connectivity index (χ1) is 15.1. The molecule has 172 valence electrons. The van der Waals surface area contributed by atoms with Crippen molar-refractivity contribution in [1.82, 2.24) is 0 Å². The van der Waals surface area contributed by atoms with Gasteiger partial charge in [-0.25, -0.2) is 4.79 Å². The van der Waals surface area contributed by atoms with Gasteiger partial charge in [0.25, 0.3) is 0 Å². The zero-order chi connectivity index (χ0) is 24.0. The van der Waals surface area contributed by atoms with Crippen molar-refractivity contribution < 1.29 is 47.6 Å². The van der Waals surface area contributed by atoms with Gasteiger partial charge in [0.1, 0.15) is 11.8 Å². The van der Waals surface area contributed by atoms with Gasteiger partial charge >= 0.3 is 23.9 Å². The van der Waals surface area contributed by atoms with E-state index in [0.717, 1.165) is 27.9 Å². The van der Waals surface area contributed by atoms with Crippen molar-refractivity contribution in [3.63, 3.8) is 0 Å². The molecule has 1 aromatic carbocycles. The van der Waals surface area contributed by atoms with Crippen LogP contribution in [0.2, 0.25) is 0 Å². The van der Waals surface area contributed by atoms with E-state index in [9.17, 15) is 24.4 Å². The Labute approximate surface area is 183 Å². The van der Waals surface area contributed by atoms with E-state index in [-0.39, 0.29) is 17.0 Å². The van der Waals surface area contributed by atoms with Gasteiger partial charge in [-0.2, -0.15) is 5.26 Å². The number of nitrogens with zero attached hydrogens (tertiary/aromatic N) is 1. The number of hydrogen-bond donors (Lipinski definition) is 1. The summed E-state index contributed by atoms with van der Waals surface area (Å²) in [5.41, 5.74) is 6.00. The highest BCUT2D eigenvalue weighted by atomic mass is 16.7. The molecule has 1 aliphatic heterocycles. The number of carbonyl (C=O) groups is 4. The topological polar surface area (TPSA) is 173 Å². The molecule has 32 heavy (non-hydrogen) atoms. The number of carbonyl (C=O) groups excluding carboxylic acids is 4. The van der Waals surface area contributed by atoms with Crippen molar-refractivity contribution in [3.05, 3.63) is 23.8 Å². The zero-order valence-electron chi connectivity index (χ0n) is 17.7. The summed E-state index contributed by atoms with van der Waals surface area (Å²) in [6.45, 7) is 3.24. The number of nitriles is 1. The van der Waals surface area contributed by atoms with Crippen LogP contribution < -0.4 is 10.5 Å². The maximum Gasteiger partial charge on any atom is 0.339 e. The molecule has 2 rings (SSSR count). The first-order valence-corrected chi connectivity index (χ1v) is 9.28. The van der Waals surface area contributed by atoms with Crippen LogP contribution in [0.1, 0.15) is 26.3 Å². The summed E-state index contributed by atoms with van der Waals surface area (Å²) in [6, 6.07) is 6.00. The van der Waals surface area contributed by atoms with Gasteiger partial charge in [-0.1, -0.05) is 0 Å². The van der Waals surface area contributed by atoms with Gasteiger partial charge < -0.3 is 34.2 Å². The van der Waals surface area contributed by atoms with Crippen molar-refractivity contribution >= 4 is 29.6 Å². The Hall–Kier alpha value is -3.85. The molecule has 12 heteroatoms. The fraction of sp³-hybridized carbons (Fsp3) is 0.450. The molecule has 1 aliphatic rings. The quantitative estimate of drug-likeness (QED) is 0.355. The number of methoxy groups -OCH3 is 1. The Bertz CT molecular complexity index is 941. The Morgan fingerprint density at radius 3 is 2.06 bits per heavy atom. The van der Waals surface area contributed by atoms with Gasteiger partial charge in [0.15, 0.2) is 18.3 Å². The molecule has 0 bridgehead atoms. The number of anilines is 1. The molecule has 0 radical (unpaired) electrons. The molecule has 1 fully saturated rings. The van der Waals surface area contributed by atoms with Gasteiger partial charge in [-0.3, -0.25) is 14.4 Å². The molecule has 0 saturated carbocycles. The first-order valence-electron chi connectivity index (χ1n) is 9.28. The van der Waals surface area contributed by atoms with E-state index in [2.05, 4.69) is 0 Å². The van der Waals surface area contributed by atoms with Crippen molar-refractivity contribution in [2.75, 3.05) is 12.8 Å². The molecule has 1 saturated heterocycles. The van der Waals surface area contributed by atoms with Crippen molar-refractivity contribution in [2.24, 2.45) is 0 Å². The minimum atomic E-state index is -1.59. The molecule has 5 atom stereocenters. The summed E-state index contributed by atoms with van der Waals surface area (Å²) >= 11 is 0. The van der Waals surface area contributed by atoms with Crippen molar-refractivity contribution in [3.8, 4) is 11.8 Å².